The van der Waals surface area contributed by atoms with E-state index in [1.165, 1.54) is 0 Å². The topological polar surface area (TPSA) is 47.0 Å². The molecular weight excluding hydrogens is 262 g/mol. The van der Waals surface area contributed by atoms with Gasteiger partial charge in [-0.05, 0) is 36.7 Å². The lowest BCUT2D eigenvalue weighted by atomic mass is 10.0. The Bertz CT molecular complexity index is 531. The van der Waals surface area contributed by atoms with Crippen LogP contribution in [0.1, 0.15) is 37.6 Å². The molecule has 4 nitrogen and oxygen atoms in total. The molecule has 0 amide bonds. The molecule has 0 saturated heterocycles. The summed E-state index contributed by atoms with van der Waals surface area (Å²) in [6.45, 7) is 5.82. The summed E-state index contributed by atoms with van der Waals surface area (Å²) in [4.78, 5) is 8.70. The molecule has 21 heavy (non-hydrogen) atoms. The quantitative estimate of drug-likeness (QED) is 0.809. The fourth-order valence-electron chi connectivity index (χ4n) is 2.21. The second-order valence-electron chi connectivity index (χ2n) is 4.94. The molecule has 0 radical (unpaired) electrons. The number of likely N-dealkylation sites (N-methyl/N-ethyl adjacent to an activating group) is 1. The lowest BCUT2D eigenvalue weighted by molar-refractivity contribution is 0.315. The summed E-state index contributed by atoms with van der Waals surface area (Å²) in [5.41, 5.74) is 2.21. The van der Waals surface area contributed by atoms with Crippen LogP contribution in [0.15, 0.2) is 42.9 Å². The summed E-state index contributed by atoms with van der Waals surface area (Å²) in [6, 6.07) is 8.27. The van der Waals surface area contributed by atoms with Gasteiger partial charge in [-0.1, -0.05) is 19.9 Å². The molecule has 0 aliphatic heterocycles. The highest BCUT2D eigenvalue weighted by atomic mass is 16.5. The SMILES string of the molecule is CCCOc1cncc(C(Cc2ccccn2)NCC)c1. The van der Waals surface area contributed by atoms with Gasteiger partial charge >= 0.3 is 0 Å². The number of nitrogens with zero attached hydrogens (tertiary/aromatic N) is 2. The molecule has 2 rings (SSSR count). The molecule has 1 unspecified atom stereocenters. The fraction of sp³-hybridized carbons (Fsp3) is 0.412. The van der Waals surface area contributed by atoms with Crippen LogP contribution in [0, 0.1) is 0 Å². The minimum atomic E-state index is 0.197. The Kier molecular flexibility index (Phi) is 6.16. The van der Waals surface area contributed by atoms with Crippen LogP contribution in [0.25, 0.3) is 0 Å². The third kappa shape index (κ3) is 4.83. The number of pyridine rings is 2. The van der Waals surface area contributed by atoms with Gasteiger partial charge in [0.2, 0.25) is 0 Å². The molecular formula is C17H23N3O. The van der Waals surface area contributed by atoms with Gasteiger partial charge in [-0.2, -0.15) is 0 Å². The summed E-state index contributed by atoms with van der Waals surface area (Å²) >= 11 is 0. The van der Waals surface area contributed by atoms with Crippen LogP contribution in [0.2, 0.25) is 0 Å². The van der Waals surface area contributed by atoms with Crippen molar-refractivity contribution in [1.82, 2.24) is 15.3 Å². The van der Waals surface area contributed by atoms with Crippen LogP contribution in [0.5, 0.6) is 5.75 Å². The first-order chi connectivity index (χ1) is 10.3. The molecule has 112 valence electrons. The van der Waals surface area contributed by atoms with Crippen LogP contribution in [-0.4, -0.2) is 23.1 Å². The summed E-state index contributed by atoms with van der Waals surface area (Å²) in [7, 11) is 0. The first kappa shape index (κ1) is 15.4. The number of hydrogen-bond donors (Lipinski definition) is 1. The van der Waals surface area contributed by atoms with E-state index in [1.54, 1.807) is 6.20 Å². The number of aromatic nitrogens is 2. The molecule has 2 aromatic rings. The first-order valence-electron chi connectivity index (χ1n) is 7.54. The molecule has 0 aliphatic rings. The predicted molar refractivity (Wildman–Crippen MR) is 84.4 cm³/mol. The van der Waals surface area contributed by atoms with Crippen molar-refractivity contribution in [3.63, 3.8) is 0 Å². The zero-order valence-electron chi connectivity index (χ0n) is 12.7. The van der Waals surface area contributed by atoms with E-state index in [4.69, 9.17) is 4.74 Å². The maximum Gasteiger partial charge on any atom is 0.137 e. The highest BCUT2D eigenvalue weighted by molar-refractivity contribution is 5.27. The Morgan fingerprint density at radius 2 is 2.14 bits per heavy atom. The molecule has 0 aromatic carbocycles. The van der Waals surface area contributed by atoms with E-state index >= 15 is 0 Å². The molecule has 4 heteroatoms. The molecule has 0 spiro atoms. The average molecular weight is 285 g/mol. The Hall–Kier alpha value is -1.94. The number of rotatable bonds is 8. The van der Waals surface area contributed by atoms with Gasteiger partial charge in [-0.3, -0.25) is 9.97 Å². The normalized spacial score (nSPS) is 12.1. The van der Waals surface area contributed by atoms with Crippen molar-refractivity contribution in [3.8, 4) is 5.75 Å². The maximum atomic E-state index is 5.67. The van der Waals surface area contributed by atoms with Crippen molar-refractivity contribution in [2.75, 3.05) is 13.2 Å². The summed E-state index contributed by atoms with van der Waals surface area (Å²) in [5.74, 6) is 0.832. The van der Waals surface area contributed by atoms with Gasteiger partial charge in [0.05, 0.1) is 12.8 Å². The van der Waals surface area contributed by atoms with Crippen molar-refractivity contribution in [1.29, 1.82) is 0 Å². The van der Waals surface area contributed by atoms with Crippen LogP contribution < -0.4 is 10.1 Å². The summed E-state index contributed by atoms with van der Waals surface area (Å²) < 4.78 is 5.67. The molecule has 2 aromatic heterocycles. The molecule has 1 atom stereocenters. The van der Waals surface area contributed by atoms with Crippen molar-refractivity contribution in [2.24, 2.45) is 0 Å². The lowest BCUT2D eigenvalue weighted by Gasteiger charge is -2.18. The third-order valence-electron chi connectivity index (χ3n) is 3.20. The molecule has 2 heterocycles. The van der Waals surface area contributed by atoms with Crippen molar-refractivity contribution >= 4 is 0 Å². The second-order valence-corrected chi connectivity index (χ2v) is 4.94. The Balaban J connectivity index is 2.13. The standard InChI is InChI=1S/C17H23N3O/c1-3-9-21-16-10-14(12-18-13-16)17(19-4-2)11-15-7-5-6-8-20-15/h5-8,10,12-13,17,19H,3-4,9,11H2,1-2H3. The van der Waals surface area contributed by atoms with Crippen molar-refractivity contribution in [3.05, 3.63) is 54.1 Å². The van der Waals surface area contributed by atoms with E-state index in [0.29, 0.717) is 0 Å². The van der Waals surface area contributed by atoms with Gasteiger partial charge in [-0.15, -0.1) is 0 Å². The van der Waals surface area contributed by atoms with E-state index < -0.39 is 0 Å². The van der Waals surface area contributed by atoms with Crippen LogP contribution >= 0.6 is 0 Å². The van der Waals surface area contributed by atoms with Crippen LogP contribution in [0.3, 0.4) is 0 Å². The van der Waals surface area contributed by atoms with Gasteiger partial charge in [-0.25, -0.2) is 0 Å². The van der Waals surface area contributed by atoms with Crippen molar-refractivity contribution in [2.45, 2.75) is 32.7 Å². The summed E-state index contributed by atoms with van der Waals surface area (Å²) in [5, 5.41) is 3.50. The zero-order chi connectivity index (χ0) is 14.9. The van der Waals surface area contributed by atoms with E-state index in [1.807, 2.05) is 24.5 Å². The molecule has 0 bridgehead atoms. The van der Waals surface area contributed by atoms with Gasteiger partial charge in [0.1, 0.15) is 5.75 Å². The molecule has 1 N–H and O–H groups in total. The average Bonchev–Trinajstić information content (AvgIpc) is 2.54. The molecule has 0 fully saturated rings. The van der Waals surface area contributed by atoms with E-state index in [2.05, 4.69) is 41.3 Å². The highest BCUT2D eigenvalue weighted by Crippen LogP contribution is 2.21. The fourth-order valence-corrected chi connectivity index (χ4v) is 2.21. The van der Waals surface area contributed by atoms with E-state index in [-0.39, 0.29) is 6.04 Å². The van der Waals surface area contributed by atoms with E-state index in [0.717, 1.165) is 43.0 Å². The lowest BCUT2D eigenvalue weighted by Crippen LogP contribution is -2.23. The second kappa shape index (κ2) is 8.37. The van der Waals surface area contributed by atoms with Crippen LogP contribution in [-0.2, 0) is 6.42 Å². The smallest absolute Gasteiger partial charge is 0.137 e. The minimum Gasteiger partial charge on any atom is -0.492 e. The van der Waals surface area contributed by atoms with Crippen LogP contribution in [0.4, 0.5) is 0 Å². The van der Waals surface area contributed by atoms with E-state index in [9.17, 15) is 0 Å². The third-order valence-corrected chi connectivity index (χ3v) is 3.20. The zero-order valence-corrected chi connectivity index (χ0v) is 12.7. The van der Waals surface area contributed by atoms with Crippen molar-refractivity contribution < 1.29 is 4.74 Å². The first-order valence-corrected chi connectivity index (χ1v) is 7.54. The molecule has 0 aliphatic carbocycles. The highest BCUT2D eigenvalue weighted by Gasteiger charge is 2.13. The van der Waals surface area contributed by atoms with Gasteiger partial charge in [0, 0.05) is 30.6 Å². The predicted octanol–water partition coefficient (Wildman–Crippen LogP) is 3.16. The van der Waals surface area contributed by atoms with Gasteiger partial charge in [0.15, 0.2) is 0 Å². The minimum absolute atomic E-state index is 0.197. The monoisotopic (exact) mass is 285 g/mol. The Labute approximate surface area is 126 Å². The Morgan fingerprint density at radius 1 is 1.24 bits per heavy atom. The summed E-state index contributed by atoms with van der Waals surface area (Å²) in [6.07, 6.45) is 7.33. The number of hydrogen-bond acceptors (Lipinski definition) is 4. The van der Waals surface area contributed by atoms with Gasteiger partial charge < -0.3 is 10.1 Å². The number of ether oxygens (including phenoxy) is 1. The largest absolute Gasteiger partial charge is 0.492 e. The molecule has 0 saturated carbocycles. The number of nitrogens with one attached hydrogen (secondary N) is 1. The van der Waals surface area contributed by atoms with Gasteiger partial charge in [0.25, 0.3) is 0 Å². The maximum absolute atomic E-state index is 5.67. The Morgan fingerprint density at radius 3 is 2.86 bits per heavy atom.